The molecule has 1 heterocycles. The normalized spacial score (nSPS) is 14.2. The van der Waals surface area contributed by atoms with Crippen molar-refractivity contribution in [3.8, 4) is 6.07 Å². The predicted molar refractivity (Wildman–Crippen MR) is 77.7 cm³/mol. The number of nitrogens with zero attached hydrogens (tertiary/aromatic N) is 2. The predicted octanol–water partition coefficient (Wildman–Crippen LogP) is 2.57. The van der Waals surface area contributed by atoms with Crippen molar-refractivity contribution in [3.63, 3.8) is 0 Å². The summed E-state index contributed by atoms with van der Waals surface area (Å²) in [5.41, 5.74) is -3.26. The summed E-state index contributed by atoms with van der Waals surface area (Å²) in [6.07, 6.45) is -4.18. The Hall–Kier alpha value is -2.01. The van der Waals surface area contributed by atoms with Crippen LogP contribution >= 0.6 is 11.6 Å². The molecule has 1 aromatic heterocycles. The van der Waals surface area contributed by atoms with Gasteiger partial charge in [-0.05, 0) is 18.9 Å². The molecule has 1 amide bonds. The monoisotopic (exact) mass is 349 g/mol. The Morgan fingerprint density at radius 3 is 2.48 bits per heavy atom. The molecule has 5 nitrogen and oxygen atoms in total. The average molecular weight is 350 g/mol. The van der Waals surface area contributed by atoms with E-state index in [9.17, 15) is 22.8 Å². The third kappa shape index (κ3) is 4.48. The van der Waals surface area contributed by atoms with E-state index in [1.807, 2.05) is 6.07 Å². The smallest absolute Gasteiger partial charge is 0.336 e. The molecule has 0 radical (unpaired) electrons. The van der Waals surface area contributed by atoms with E-state index in [0.29, 0.717) is 16.8 Å². The molecule has 0 saturated heterocycles. The minimum atomic E-state index is -4.70. The van der Waals surface area contributed by atoms with Crippen LogP contribution in [-0.4, -0.2) is 16.0 Å². The molecule has 0 aliphatic rings. The Balaban J connectivity index is 3.11. The van der Waals surface area contributed by atoms with Gasteiger partial charge in [-0.15, -0.1) is 0 Å². The quantitative estimate of drug-likeness (QED) is 0.907. The third-order valence-electron chi connectivity index (χ3n) is 3.47. The molecule has 0 saturated carbocycles. The number of amides is 1. The lowest BCUT2D eigenvalue weighted by Gasteiger charge is -2.27. The van der Waals surface area contributed by atoms with Crippen molar-refractivity contribution >= 4 is 17.5 Å². The summed E-state index contributed by atoms with van der Waals surface area (Å²) in [5, 5.41) is 10.9. The van der Waals surface area contributed by atoms with Crippen molar-refractivity contribution in [1.82, 2.24) is 9.88 Å². The Morgan fingerprint density at radius 2 is 2.04 bits per heavy atom. The van der Waals surface area contributed by atoms with Gasteiger partial charge in [0.15, 0.2) is 0 Å². The first-order valence-electron chi connectivity index (χ1n) is 6.60. The van der Waals surface area contributed by atoms with Crippen molar-refractivity contribution in [2.75, 3.05) is 0 Å². The second-order valence-electron chi connectivity index (χ2n) is 5.52. The highest BCUT2D eigenvalue weighted by molar-refractivity contribution is 6.30. The van der Waals surface area contributed by atoms with Gasteiger partial charge in [0.2, 0.25) is 5.91 Å². The van der Waals surface area contributed by atoms with E-state index in [1.54, 1.807) is 13.8 Å². The Kier molecular flexibility index (Phi) is 5.48. The fourth-order valence-corrected chi connectivity index (χ4v) is 1.88. The van der Waals surface area contributed by atoms with Gasteiger partial charge in [0.05, 0.1) is 11.6 Å². The molecule has 0 fully saturated rings. The first-order chi connectivity index (χ1) is 10.4. The molecule has 1 rings (SSSR count). The number of hydrogen-bond donors (Lipinski definition) is 1. The van der Waals surface area contributed by atoms with E-state index in [2.05, 4.69) is 5.32 Å². The third-order valence-corrected chi connectivity index (χ3v) is 3.74. The van der Waals surface area contributed by atoms with Crippen molar-refractivity contribution in [2.24, 2.45) is 5.92 Å². The highest BCUT2D eigenvalue weighted by Crippen LogP contribution is 2.29. The standard InChI is InChI=1S/C14H15ClF3N3O2/c1-8(2)13(3,7-19)20-11(22)6-21-5-9(14(16,17)18)4-10(15)12(21)23/h4-5,8H,6H2,1-3H3,(H,20,22)/t13-/m0/s1. The average Bonchev–Trinajstić information content (AvgIpc) is 2.41. The maximum absolute atomic E-state index is 12.7. The Labute approximate surface area is 135 Å². The van der Waals surface area contributed by atoms with Crippen LogP contribution in [0.3, 0.4) is 0 Å². The van der Waals surface area contributed by atoms with Gasteiger partial charge in [-0.1, -0.05) is 25.4 Å². The van der Waals surface area contributed by atoms with E-state index >= 15 is 0 Å². The van der Waals surface area contributed by atoms with E-state index in [-0.39, 0.29) is 5.92 Å². The molecule has 1 atom stereocenters. The minimum Gasteiger partial charge on any atom is -0.336 e. The SMILES string of the molecule is CC(C)[C@](C)(C#N)NC(=O)Cn1cc(C(F)(F)F)cc(Cl)c1=O. The maximum atomic E-state index is 12.7. The summed E-state index contributed by atoms with van der Waals surface area (Å²) in [5.74, 6) is -1.00. The summed E-state index contributed by atoms with van der Waals surface area (Å²) in [4.78, 5) is 23.7. The van der Waals surface area contributed by atoms with Gasteiger partial charge >= 0.3 is 6.18 Å². The maximum Gasteiger partial charge on any atom is 0.417 e. The summed E-state index contributed by atoms with van der Waals surface area (Å²) < 4.78 is 38.8. The molecule has 23 heavy (non-hydrogen) atoms. The first kappa shape index (κ1) is 19.0. The number of nitrogens with one attached hydrogen (secondary N) is 1. The largest absolute Gasteiger partial charge is 0.417 e. The number of nitriles is 1. The molecule has 9 heteroatoms. The van der Waals surface area contributed by atoms with Crippen LogP contribution in [-0.2, 0) is 17.5 Å². The fraction of sp³-hybridized carbons (Fsp3) is 0.500. The van der Waals surface area contributed by atoms with E-state index in [1.165, 1.54) is 6.92 Å². The number of aromatic nitrogens is 1. The molecule has 0 aliphatic carbocycles. The summed E-state index contributed by atoms with van der Waals surface area (Å²) >= 11 is 5.50. The van der Waals surface area contributed by atoms with Gasteiger partial charge in [0, 0.05) is 6.20 Å². The summed E-state index contributed by atoms with van der Waals surface area (Å²) in [6, 6.07) is 2.44. The summed E-state index contributed by atoms with van der Waals surface area (Å²) in [6.45, 7) is 4.22. The van der Waals surface area contributed by atoms with Gasteiger partial charge < -0.3 is 9.88 Å². The second kappa shape index (κ2) is 6.62. The van der Waals surface area contributed by atoms with Crippen LogP contribution in [0, 0.1) is 17.2 Å². The minimum absolute atomic E-state index is 0.238. The van der Waals surface area contributed by atoms with E-state index in [0.717, 1.165) is 0 Å². The molecule has 0 unspecified atom stereocenters. The lowest BCUT2D eigenvalue weighted by molar-refractivity contribution is -0.138. The number of pyridine rings is 1. The zero-order valence-corrected chi connectivity index (χ0v) is 13.4. The number of carbonyl (C=O) groups excluding carboxylic acids is 1. The topological polar surface area (TPSA) is 74.9 Å². The molecule has 1 N–H and O–H groups in total. The van der Waals surface area contributed by atoms with Gasteiger partial charge in [0.25, 0.3) is 5.56 Å². The van der Waals surface area contributed by atoms with Crippen LogP contribution in [0.1, 0.15) is 26.3 Å². The first-order valence-corrected chi connectivity index (χ1v) is 6.98. The zero-order valence-electron chi connectivity index (χ0n) is 12.7. The highest BCUT2D eigenvalue weighted by atomic mass is 35.5. The van der Waals surface area contributed by atoms with Crippen molar-refractivity contribution in [1.29, 1.82) is 5.26 Å². The van der Waals surface area contributed by atoms with Gasteiger partial charge in [-0.2, -0.15) is 18.4 Å². The second-order valence-corrected chi connectivity index (χ2v) is 5.93. The summed E-state index contributed by atoms with van der Waals surface area (Å²) in [7, 11) is 0. The Bertz CT molecular complexity index is 707. The van der Waals surface area contributed by atoms with Crippen LogP contribution in [0.15, 0.2) is 17.1 Å². The number of alkyl halides is 3. The molecular formula is C14H15ClF3N3O2. The number of rotatable bonds is 4. The number of carbonyl (C=O) groups is 1. The van der Waals surface area contributed by atoms with E-state index in [4.69, 9.17) is 16.9 Å². The van der Waals surface area contributed by atoms with Crippen LogP contribution in [0.5, 0.6) is 0 Å². The molecular weight excluding hydrogens is 335 g/mol. The molecule has 0 aromatic carbocycles. The van der Waals surface area contributed by atoms with Crippen molar-refractivity contribution in [3.05, 3.63) is 33.2 Å². The molecule has 0 spiro atoms. The van der Waals surface area contributed by atoms with Crippen LogP contribution in [0.25, 0.3) is 0 Å². The lowest BCUT2D eigenvalue weighted by Crippen LogP contribution is -2.50. The Morgan fingerprint density at radius 1 is 1.48 bits per heavy atom. The fourth-order valence-electron chi connectivity index (χ4n) is 1.66. The van der Waals surface area contributed by atoms with Crippen LogP contribution < -0.4 is 10.9 Å². The van der Waals surface area contributed by atoms with E-state index < -0.39 is 40.3 Å². The number of hydrogen-bond acceptors (Lipinski definition) is 3. The van der Waals surface area contributed by atoms with Crippen LogP contribution in [0.4, 0.5) is 13.2 Å². The number of halogens is 4. The van der Waals surface area contributed by atoms with Crippen LogP contribution in [0.2, 0.25) is 5.02 Å². The highest BCUT2D eigenvalue weighted by Gasteiger charge is 2.33. The molecule has 1 aromatic rings. The molecule has 126 valence electrons. The van der Waals surface area contributed by atoms with Crippen molar-refractivity contribution in [2.45, 2.75) is 39.0 Å². The lowest BCUT2D eigenvalue weighted by atomic mass is 9.90. The molecule has 0 aliphatic heterocycles. The van der Waals surface area contributed by atoms with Crippen molar-refractivity contribution < 1.29 is 18.0 Å². The zero-order chi connectivity index (χ0) is 18.0. The van der Waals surface area contributed by atoms with Gasteiger partial charge in [0.1, 0.15) is 17.1 Å². The van der Waals surface area contributed by atoms with Gasteiger partial charge in [-0.25, -0.2) is 0 Å². The molecule has 0 bridgehead atoms. The van der Waals surface area contributed by atoms with Gasteiger partial charge in [-0.3, -0.25) is 9.59 Å².